The summed E-state index contributed by atoms with van der Waals surface area (Å²) in [7, 11) is 1.54. The first-order valence-electron chi connectivity index (χ1n) is 8.42. The van der Waals surface area contributed by atoms with Gasteiger partial charge in [0.25, 0.3) is 0 Å². The van der Waals surface area contributed by atoms with E-state index in [2.05, 4.69) is 10.3 Å². The number of methoxy groups -OCH3 is 1. The van der Waals surface area contributed by atoms with Crippen molar-refractivity contribution < 1.29 is 19.7 Å². The van der Waals surface area contributed by atoms with Crippen LogP contribution in [0.4, 0.5) is 5.82 Å². The molecule has 1 fully saturated rings. The predicted molar refractivity (Wildman–Crippen MR) is 89.0 cm³/mol. The first-order chi connectivity index (χ1) is 11.7. The molecule has 0 saturated carbocycles. The lowest BCUT2D eigenvalue weighted by molar-refractivity contribution is -0.0546. The highest BCUT2D eigenvalue weighted by Gasteiger charge is 2.35. The maximum Gasteiger partial charge on any atom is 0.351 e. The quantitative estimate of drug-likeness (QED) is 0.532. The molecule has 8 nitrogen and oxygen atoms in total. The van der Waals surface area contributed by atoms with E-state index in [9.17, 15) is 9.90 Å². The van der Waals surface area contributed by atoms with Gasteiger partial charge in [-0.2, -0.15) is 4.98 Å². The molecule has 0 spiro atoms. The summed E-state index contributed by atoms with van der Waals surface area (Å²) in [5, 5.41) is 21.8. The molecule has 1 saturated heterocycles. The first kappa shape index (κ1) is 18.9. The van der Waals surface area contributed by atoms with Crippen molar-refractivity contribution in [3.8, 4) is 0 Å². The van der Waals surface area contributed by atoms with Gasteiger partial charge in [0.05, 0.1) is 12.7 Å². The minimum Gasteiger partial charge on any atom is -0.396 e. The fourth-order valence-electron chi connectivity index (χ4n) is 2.74. The third-order valence-corrected chi connectivity index (χ3v) is 4.07. The fourth-order valence-corrected chi connectivity index (χ4v) is 2.74. The zero-order valence-electron chi connectivity index (χ0n) is 14.1. The van der Waals surface area contributed by atoms with Crippen LogP contribution in [0.3, 0.4) is 0 Å². The van der Waals surface area contributed by atoms with Gasteiger partial charge >= 0.3 is 5.69 Å². The predicted octanol–water partition coefficient (Wildman–Crippen LogP) is 0.503. The largest absolute Gasteiger partial charge is 0.396 e. The fraction of sp³-hybridized carbons (Fsp3) is 0.750. The third kappa shape index (κ3) is 5.27. The van der Waals surface area contributed by atoms with Gasteiger partial charge in [0, 0.05) is 32.9 Å². The normalized spacial score (nSPS) is 23.5. The molecule has 0 radical (unpaired) electrons. The molecule has 8 heteroatoms. The summed E-state index contributed by atoms with van der Waals surface area (Å²) in [6, 6.07) is 1.73. The Kier molecular flexibility index (Phi) is 7.64. The van der Waals surface area contributed by atoms with Crippen LogP contribution in [-0.2, 0) is 9.47 Å². The maximum atomic E-state index is 12.2. The lowest BCUT2D eigenvalue weighted by atomic mass is 10.2. The van der Waals surface area contributed by atoms with Crippen LogP contribution in [0, 0.1) is 0 Å². The van der Waals surface area contributed by atoms with Crippen LogP contribution in [-0.4, -0.2) is 58.8 Å². The van der Waals surface area contributed by atoms with E-state index in [0.29, 0.717) is 12.2 Å². The van der Waals surface area contributed by atoms with Crippen LogP contribution in [0.1, 0.15) is 38.3 Å². The zero-order chi connectivity index (χ0) is 17.4. The molecule has 0 aliphatic carbocycles. The van der Waals surface area contributed by atoms with E-state index in [-0.39, 0.29) is 13.2 Å². The highest BCUT2D eigenvalue weighted by molar-refractivity contribution is 5.31. The van der Waals surface area contributed by atoms with Crippen molar-refractivity contribution in [3.63, 3.8) is 0 Å². The van der Waals surface area contributed by atoms with Crippen LogP contribution >= 0.6 is 0 Å². The van der Waals surface area contributed by atoms with E-state index >= 15 is 0 Å². The van der Waals surface area contributed by atoms with Gasteiger partial charge in [-0.05, 0) is 18.9 Å². The molecule has 136 valence electrons. The second-order valence-corrected chi connectivity index (χ2v) is 5.95. The summed E-state index contributed by atoms with van der Waals surface area (Å²) in [5.74, 6) is 0.533. The lowest BCUT2D eigenvalue weighted by Crippen LogP contribution is -2.28. The van der Waals surface area contributed by atoms with Gasteiger partial charge in [0.2, 0.25) is 0 Å². The van der Waals surface area contributed by atoms with Crippen molar-refractivity contribution in [3.05, 3.63) is 22.7 Å². The highest BCUT2D eigenvalue weighted by Crippen LogP contribution is 2.27. The Morgan fingerprint density at radius 2 is 2.21 bits per heavy atom. The zero-order valence-corrected chi connectivity index (χ0v) is 14.1. The smallest absolute Gasteiger partial charge is 0.351 e. The molecule has 0 amide bonds. The second kappa shape index (κ2) is 9.73. The Balaban J connectivity index is 1.85. The molecule has 0 aromatic carbocycles. The molecule has 3 atom stereocenters. The number of anilines is 1. The Morgan fingerprint density at radius 1 is 1.42 bits per heavy atom. The van der Waals surface area contributed by atoms with E-state index in [4.69, 9.17) is 14.6 Å². The second-order valence-electron chi connectivity index (χ2n) is 5.95. The summed E-state index contributed by atoms with van der Waals surface area (Å²) in [6.07, 6.45) is 4.18. The van der Waals surface area contributed by atoms with Crippen molar-refractivity contribution in [1.29, 1.82) is 0 Å². The van der Waals surface area contributed by atoms with Crippen molar-refractivity contribution in [1.82, 2.24) is 9.55 Å². The summed E-state index contributed by atoms with van der Waals surface area (Å²) in [5.41, 5.74) is -0.407. The van der Waals surface area contributed by atoms with Gasteiger partial charge in [-0.3, -0.25) is 4.57 Å². The van der Waals surface area contributed by atoms with Crippen LogP contribution < -0.4 is 11.0 Å². The standard InChI is InChI=1S/C16H27N3O5/c1-23-11-13-12(21)10-15(24-13)19-8-6-14(18-16(19)22)17-7-4-2-3-5-9-20/h6,8,12-13,15,20-21H,2-5,7,9-11H2,1H3,(H,17,18,22)/t12-,13+,15+/m0/s1. The van der Waals surface area contributed by atoms with Gasteiger partial charge < -0.3 is 25.0 Å². The molecule has 0 bridgehead atoms. The van der Waals surface area contributed by atoms with Crippen molar-refractivity contribution in [2.75, 3.05) is 32.2 Å². The van der Waals surface area contributed by atoms with E-state index in [1.165, 1.54) is 4.57 Å². The van der Waals surface area contributed by atoms with Crippen molar-refractivity contribution >= 4 is 5.82 Å². The van der Waals surface area contributed by atoms with Crippen LogP contribution in [0.25, 0.3) is 0 Å². The molecule has 1 aromatic rings. The molecule has 2 heterocycles. The number of aliphatic hydroxyl groups is 2. The number of aliphatic hydroxyl groups excluding tert-OH is 2. The molecule has 3 N–H and O–H groups in total. The summed E-state index contributed by atoms with van der Waals surface area (Å²) in [6.45, 7) is 1.25. The summed E-state index contributed by atoms with van der Waals surface area (Å²) in [4.78, 5) is 16.2. The molecule has 1 aliphatic rings. The molecular formula is C16H27N3O5. The molecule has 0 unspecified atom stereocenters. The number of ether oxygens (including phenoxy) is 2. The van der Waals surface area contributed by atoms with Crippen LogP contribution in [0.5, 0.6) is 0 Å². The average molecular weight is 341 g/mol. The average Bonchev–Trinajstić information content (AvgIpc) is 2.92. The molecule has 1 aliphatic heterocycles. The van der Waals surface area contributed by atoms with E-state index in [1.54, 1.807) is 19.4 Å². The van der Waals surface area contributed by atoms with E-state index in [1.807, 2.05) is 0 Å². The topological polar surface area (TPSA) is 106 Å². The molecule has 1 aromatic heterocycles. The number of nitrogens with one attached hydrogen (secondary N) is 1. The van der Waals surface area contributed by atoms with Crippen molar-refractivity contribution in [2.24, 2.45) is 0 Å². The summed E-state index contributed by atoms with van der Waals surface area (Å²) < 4.78 is 12.1. The van der Waals surface area contributed by atoms with Gasteiger partial charge in [-0.15, -0.1) is 0 Å². The van der Waals surface area contributed by atoms with Crippen LogP contribution in [0.15, 0.2) is 17.1 Å². The minimum atomic E-state index is -0.654. The Bertz CT molecular complexity index is 551. The number of nitrogens with zero attached hydrogens (tertiary/aromatic N) is 2. The van der Waals surface area contributed by atoms with E-state index < -0.39 is 24.1 Å². The van der Waals surface area contributed by atoms with E-state index in [0.717, 1.165) is 32.2 Å². The number of hydrogen-bond donors (Lipinski definition) is 3. The molecule has 24 heavy (non-hydrogen) atoms. The Labute approximate surface area is 141 Å². The van der Waals surface area contributed by atoms with Gasteiger partial charge in [-0.25, -0.2) is 4.79 Å². The first-order valence-corrected chi connectivity index (χ1v) is 8.42. The van der Waals surface area contributed by atoms with Gasteiger partial charge in [0.1, 0.15) is 18.1 Å². The maximum absolute atomic E-state index is 12.2. The number of aromatic nitrogens is 2. The summed E-state index contributed by atoms with van der Waals surface area (Å²) >= 11 is 0. The van der Waals surface area contributed by atoms with Gasteiger partial charge in [-0.1, -0.05) is 12.8 Å². The number of rotatable bonds is 10. The molecular weight excluding hydrogens is 314 g/mol. The van der Waals surface area contributed by atoms with Crippen molar-refractivity contribution in [2.45, 2.75) is 50.5 Å². The Hall–Kier alpha value is -1.48. The Morgan fingerprint density at radius 3 is 2.92 bits per heavy atom. The third-order valence-electron chi connectivity index (χ3n) is 4.07. The lowest BCUT2D eigenvalue weighted by Gasteiger charge is -2.15. The van der Waals surface area contributed by atoms with Crippen LogP contribution in [0.2, 0.25) is 0 Å². The molecule has 2 rings (SSSR count). The minimum absolute atomic E-state index is 0.233. The SMILES string of the molecule is COC[C@H]1O[C@@H](n2ccc(NCCCCCCO)nc2=O)C[C@@H]1O. The number of hydrogen-bond acceptors (Lipinski definition) is 7. The number of unbranched alkanes of at least 4 members (excludes halogenated alkanes) is 3. The highest BCUT2D eigenvalue weighted by atomic mass is 16.6. The van der Waals surface area contributed by atoms with Gasteiger partial charge in [0.15, 0.2) is 0 Å². The monoisotopic (exact) mass is 341 g/mol.